The van der Waals surface area contributed by atoms with Crippen LogP contribution < -0.4 is 4.74 Å². The molecule has 0 saturated carbocycles. The first-order valence-corrected chi connectivity index (χ1v) is 6.24. The van der Waals surface area contributed by atoms with Gasteiger partial charge in [0.15, 0.2) is 0 Å². The summed E-state index contributed by atoms with van der Waals surface area (Å²) in [4.78, 5) is 13.7. The van der Waals surface area contributed by atoms with Gasteiger partial charge >= 0.3 is 0 Å². The maximum Gasteiger partial charge on any atom is 0.246 e. The Morgan fingerprint density at radius 3 is 2.22 bits per heavy atom. The van der Waals surface area contributed by atoms with Crippen molar-refractivity contribution in [2.75, 3.05) is 20.2 Å². The van der Waals surface area contributed by atoms with Crippen LogP contribution in [-0.2, 0) is 4.79 Å². The number of hydrogen-bond donors (Lipinski definition) is 0. The van der Waals surface area contributed by atoms with Gasteiger partial charge in [0.1, 0.15) is 5.75 Å². The van der Waals surface area contributed by atoms with Crippen molar-refractivity contribution < 1.29 is 9.53 Å². The number of carbonyl (C=O) groups is 1. The normalized spacial score (nSPS) is 11.2. The van der Waals surface area contributed by atoms with E-state index in [2.05, 4.69) is 0 Å². The summed E-state index contributed by atoms with van der Waals surface area (Å²) in [6.45, 7) is 7.39. The summed E-state index contributed by atoms with van der Waals surface area (Å²) in [7, 11) is 1.64. The molecule has 0 aliphatic heterocycles. The molecule has 18 heavy (non-hydrogen) atoms. The van der Waals surface area contributed by atoms with E-state index in [1.807, 2.05) is 45.0 Å². The highest BCUT2D eigenvalue weighted by atomic mass is 16.5. The van der Waals surface area contributed by atoms with Crippen LogP contribution in [0.25, 0.3) is 5.57 Å². The second-order valence-electron chi connectivity index (χ2n) is 4.07. The van der Waals surface area contributed by atoms with Crippen LogP contribution in [0.3, 0.4) is 0 Å². The molecular weight excluding hydrogens is 226 g/mol. The molecule has 3 nitrogen and oxygen atoms in total. The minimum Gasteiger partial charge on any atom is -0.497 e. The Morgan fingerprint density at radius 2 is 1.78 bits per heavy atom. The van der Waals surface area contributed by atoms with Gasteiger partial charge in [-0.3, -0.25) is 4.79 Å². The SMILES string of the molecule is CCN(CC)C(=O)/C=C(/C)c1ccc(OC)cc1. The zero-order valence-electron chi connectivity index (χ0n) is 11.6. The molecule has 0 aliphatic carbocycles. The molecular formula is C15H21NO2. The molecule has 0 fully saturated rings. The number of ether oxygens (including phenoxy) is 1. The Balaban J connectivity index is 2.84. The molecule has 1 aromatic carbocycles. The lowest BCUT2D eigenvalue weighted by Gasteiger charge is -2.16. The van der Waals surface area contributed by atoms with Gasteiger partial charge in [0, 0.05) is 19.2 Å². The van der Waals surface area contributed by atoms with Gasteiger partial charge in [0.2, 0.25) is 5.91 Å². The summed E-state index contributed by atoms with van der Waals surface area (Å²) in [6.07, 6.45) is 1.69. The molecule has 1 aromatic rings. The predicted molar refractivity (Wildman–Crippen MR) is 74.6 cm³/mol. The van der Waals surface area contributed by atoms with Crippen molar-refractivity contribution >= 4 is 11.5 Å². The van der Waals surface area contributed by atoms with Crippen molar-refractivity contribution in [2.45, 2.75) is 20.8 Å². The van der Waals surface area contributed by atoms with Crippen molar-refractivity contribution in [3.05, 3.63) is 35.9 Å². The molecule has 1 rings (SSSR count). The largest absolute Gasteiger partial charge is 0.497 e. The first kappa shape index (κ1) is 14.3. The second kappa shape index (κ2) is 6.84. The third-order valence-corrected chi connectivity index (χ3v) is 2.96. The molecule has 3 heteroatoms. The average Bonchev–Trinajstić information content (AvgIpc) is 2.40. The predicted octanol–water partition coefficient (Wildman–Crippen LogP) is 2.97. The van der Waals surface area contributed by atoms with E-state index in [-0.39, 0.29) is 5.91 Å². The van der Waals surface area contributed by atoms with Crippen LogP contribution in [0.1, 0.15) is 26.3 Å². The molecule has 98 valence electrons. The van der Waals surface area contributed by atoms with Crippen molar-refractivity contribution in [2.24, 2.45) is 0 Å². The quantitative estimate of drug-likeness (QED) is 0.749. The van der Waals surface area contributed by atoms with Crippen molar-refractivity contribution in [3.8, 4) is 5.75 Å². The number of nitrogens with zero attached hydrogens (tertiary/aromatic N) is 1. The zero-order valence-corrected chi connectivity index (χ0v) is 11.6. The number of amides is 1. The highest BCUT2D eigenvalue weighted by molar-refractivity contribution is 5.94. The summed E-state index contributed by atoms with van der Waals surface area (Å²) >= 11 is 0. The Morgan fingerprint density at radius 1 is 1.22 bits per heavy atom. The van der Waals surface area contributed by atoms with Crippen LogP contribution >= 0.6 is 0 Å². The van der Waals surface area contributed by atoms with Gasteiger partial charge in [-0.05, 0) is 44.0 Å². The molecule has 0 bridgehead atoms. The Labute approximate surface area is 109 Å². The fraction of sp³-hybridized carbons (Fsp3) is 0.400. The summed E-state index contributed by atoms with van der Waals surface area (Å²) in [5.41, 5.74) is 2.01. The Kier molecular flexibility index (Phi) is 5.43. The van der Waals surface area contributed by atoms with Gasteiger partial charge in [-0.15, -0.1) is 0 Å². The van der Waals surface area contributed by atoms with Crippen LogP contribution in [0.2, 0.25) is 0 Å². The molecule has 0 spiro atoms. The number of allylic oxidation sites excluding steroid dienone is 1. The van der Waals surface area contributed by atoms with Crippen LogP contribution in [0, 0.1) is 0 Å². The summed E-state index contributed by atoms with van der Waals surface area (Å²) in [6, 6.07) is 7.71. The lowest BCUT2D eigenvalue weighted by molar-refractivity contribution is -0.125. The second-order valence-corrected chi connectivity index (χ2v) is 4.07. The number of hydrogen-bond acceptors (Lipinski definition) is 2. The molecule has 0 aromatic heterocycles. The van der Waals surface area contributed by atoms with Gasteiger partial charge in [-0.2, -0.15) is 0 Å². The van der Waals surface area contributed by atoms with E-state index in [1.165, 1.54) is 0 Å². The van der Waals surface area contributed by atoms with Crippen LogP contribution in [-0.4, -0.2) is 31.0 Å². The van der Waals surface area contributed by atoms with Crippen molar-refractivity contribution in [1.29, 1.82) is 0 Å². The zero-order chi connectivity index (χ0) is 13.5. The number of rotatable bonds is 5. The van der Waals surface area contributed by atoms with E-state index >= 15 is 0 Å². The first-order valence-electron chi connectivity index (χ1n) is 6.24. The summed E-state index contributed by atoms with van der Waals surface area (Å²) in [5.74, 6) is 0.884. The van der Waals surface area contributed by atoms with Gasteiger partial charge < -0.3 is 9.64 Å². The maximum absolute atomic E-state index is 11.9. The molecule has 0 radical (unpaired) electrons. The Hall–Kier alpha value is -1.77. The van der Waals surface area contributed by atoms with Crippen molar-refractivity contribution in [3.63, 3.8) is 0 Å². The topological polar surface area (TPSA) is 29.5 Å². The third kappa shape index (κ3) is 3.62. The summed E-state index contributed by atoms with van der Waals surface area (Å²) < 4.78 is 5.11. The van der Waals surface area contributed by atoms with Crippen LogP contribution in [0.15, 0.2) is 30.3 Å². The maximum atomic E-state index is 11.9. The lowest BCUT2D eigenvalue weighted by Crippen LogP contribution is -2.28. The van der Waals surface area contributed by atoms with E-state index in [1.54, 1.807) is 18.1 Å². The fourth-order valence-corrected chi connectivity index (χ4v) is 1.75. The van der Waals surface area contributed by atoms with Crippen LogP contribution in [0.5, 0.6) is 5.75 Å². The van der Waals surface area contributed by atoms with E-state index in [0.717, 1.165) is 30.0 Å². The number of carbonyl (C=O) groups excluding carboxylic acids is 1. The molecule has 0 heterocycles. The highest BCUT2D eigenvalue weighted by Crippen LogP contribution is 2.18. The monoisotopic (exact) mass is 247 g/mol. The van der Waals surface area contributed by atoms with E-state index in [9.17, 15) is 4.79 Å². The van der Waals surface area contributed by atoms with Crippen molar-refractivity contribution in [1.82, 2.24) is 4.90 Å². The number of benzene rings is 1. The standard InChI is InChI=1S/C15H21NO2/c1-5-16(6-2)15(17)11-12(3)13-7-9-14(18-4)10-8-13/h7-11H,5-6H2,1-4H3/b12-11-. The van der Waals surface area contributed by atoms with Crippen LogP contribution in [0.4, 0.5) is 0 Å². The number of likely N-dealkylation sites (N-methyl/N-ethyl adjacent to an activating group) is 1. The van der Waals surface area contributed by atoms with Gasteiger partial charge in [-0.1, -0.05) is 12.1 Å². The number of methoxy groups -OCH3 is 1. The summed E-state index contributed by atoms with van der Waals surface area (Å²) in [5, 5.41) is 0. The molecule has 0 saturated heterocycles. The third-order valence-electron chi connectivity index (χ3n) is 2.96. The molecule has 0 aliphatic rings. The first-order chi connectivity index (χ1) is 8.62. The Bertz CT molecular complexity index is 417. The van der Waals surface area contributed by atoms with E-state index in [0.29, 0.717) is 0 Å². The molecule has 0 unspecified atom stereocenters. The lowest BCUT2D eigenvalue weighted by atomic mass is 10.1. The average molecular weight is 247 g/mol. The van der Waals surface area contributed by atoms with E-state index < -0.39 is 0 Å². The molecule has 1 amide bonds. The smallest absolute Gasteiger partial charge is 0.246 e. The van der Waals surface area contributed by atoms with E-state index in [4.69, 9.17) is 4.74 Å². The fourth-order valence-electron chi connectivity index (χ4n) is 1.75. The van der Waals surface area contributed by atoms with Gasteiger partial charge in [0.25, 0.3) is 0 Å². The molecule has 0 atom stereocenters. The minimum atomic E-state index is 0.0633. The minimum absolute atomic E-state index is 0.0633. The molecule has 0 N–H and O–H groups in total. The highest BCUT2D eigenvalue weighted by Gasteiger charge is 2.07. The van der Waals surface area contributed by atoms with Gasteiger partial charge in [-0.25, -0.2) is 0 Å². The van der Waals surface area contributed by atoms with Gasteiger partial charge in [0.05, 0.1) is 7.11 Å².